The molecule has 0 unspecified atom stereocenters. The predicted molar refractivity (Wildman–Crippen MR) is 104 cm³/mol. The van der Waals surface area contributed by atoms with E-state index in [2.05, 4.69) is 0 Å². The van der Waals surface area contributed by atoms with Gasteiger partial charge in [-0.2, -0.15) is 0 Å². The van der Waals surface area contributed by atoms with Crippen LogP contribution in [0.3, 0.4) is 0 Å². The van der Waals surface area contributed by atoms with Gasteiger partial charge in [0, 0.05) is 5.56 Å². The van der Waals surface area contributed by atoms with Crippen molar-refractivity contribution in [3.05, 3.63) is 58.8 Å². The van der Waals surface area contributed by atoms with Crippen molar-refractivity contribution in [3.63, 3.8) is 0 Å². The van der Waals surface area contributed by atoms with Crippen molar-refractivity contribution >= 4 is 11.9 Å². The number of nitrogens with one attached hydrogen (secondary N) is 1. The summed E-state index contributed by atoms with van der Waals surface area (Å²) in [5.74, 6) is 1.38. The van der Waals surface area contributed by atoms with Gasteiger partial charge in [0.15, 0.2) is 11.5 Å². The van der Waals surface area contributed by atoms with Gasteiger partial charge in [-0.3, -0.25) is 4.79 Å². The highest BCUT2D eigenvalue weighted by atomic mass is 16.5. The molecule has 2 aliphatic rings. The molecule has 6 nitrogen and oxygen atoms in total. The number of carbonyl (C=O) groups excluding carboxylic acids is 1. The van der Waals surface area contributed by atoms with Gasteiger partial charge in [0.1, 0.15) is 31.1 Å². The Labute approximate surface area is 163 Å². The second kappa shape index (κ2) is 8.04. The number of ketones is 1. The molecule has 28 heavy (non-hydrogen) atoms. The summed E-state index contributed by atoms with van der Waals surface area (Å²) in [6, 6.07) is 10.7. The number of morpholine rings is 1. The van der Waals surface area contributed by atoms with Gasteiger partial charge in [0.05, 0.1) is 30.9 Å². The molecular formula is C22H24NO5+. The Bertz CT molecular complexity index is 915. The fourth-order valence-corrected chi connectivity index (χ4v) is 3.58. The minimum atomic E-state index is -0.181. The van der Waals surface area contributed by atoms with E-state index in [-0.39, 0.29) is 17.3 Å². The lowest BCUT2D eigenvalue weighted by molar-refractivity contribution is -0.921. The zero-order valence-corrected chi connectivity index (χ0v) is 15.9. The average Bonchev–Trinajstić information content (AvgIpc) is 3.02. The number of benzene rings is 2. The highest BCUT2D eigenvalue weighted by Crippen LogP contribution is 2.39. The summed E-state index contributed by atoms with van der Waals surface area (Å²) in [4.78, 5) is 14.2. The predicted octanol–water partition coefficient (Wildman–Crippen LogP) is 1.82. The number of aromatic hydroxyl groups is 1. The number of para-hydroxylation sites is 1. The molecule has 1 fully saturated rings. The second-order valence-electron chi connectivity index (χ2n) is 6.89. The maximum atomic E-state index is 12.9. The SMILES string of the molecule is CCOc1ccccc1/C=C1\Oc2c(ccc(O)c2C[NH+]2CCOCC2)C1=O. The first-order valence-corrected chi connectivity index (χ1v) is 9.59. The zero-order valence-electron chi connectivity index (χ0n) is 15.9. The van der Waals surface area contributed by atoms with Gasteiger partial charge >= 0.3 is 0 Å². The highest BCUT2D eigenvalue weighted by molar-refractivity contribution is 6.15. The average molecular weight is 382 g/mol. The molecule has 1 saturated heterocycles. The molecule has 2 N–H and O–H groups in total. The van der Waals surface area contributed by atoms with Gasteiger partial charge in [-0.05, 0) is 31.2 Å². The van der Waals surface area contributed by atoms with Gasteiger partial charge in [-0.1, -0.05) is 18.2 Å². The summed E-state index contributed by atoms with van der Waals surface area (Å²) >= 11 is 0. The molecule has 2 heterocycles. The molecule has 0 saturated carbocycles. The van der Waals surface area contributed by atoms with Gasteiger partial charge in [0.2, 0.25) is 5.78 Å². The van der Waals surface area contributed by atoms with Crippen LogP contribution in [0, 0.1) is 0 Å². The van der Waals surface area contributed by atoms with Crippen LogP contribution < -0.4 is 14.4 Å². The molecule has 0 amide bonds. The van der Waals surface area contributed by atoms with E-state index in [1.54, 1.807) is 18.2 Å². The summed E-state index contributed by atoms with van der Waals surface area (Å²) in [6.45, 7) is 6.17. The number of phenolic OH excluding ortho intramolecular Hbond substituents is 1. The third-order valence-corrected chi connectivity index (χ3v) is 5.05. The number of carbonyl (C=O) groups is 1. The molecule has 6 heteroatoms. The lowest BCUT2D eigenvalue weighted by Crippen LogP contribution is -3.12. The summed E-state index contributed by atoms with van der Waals surface area (Å²) in [5, 5.41) is 10.4. The quantitative estimate of drug-likeness (QED) is 0.772. The van der Waals surface area contributed by atoms with Gasteiger partial charge in [0.25, 0.3) is 0 Å². The number of Topliss-reactive ketones (excluding diaryl/α,β-unsaturated/α-hetero) is 1. The fraction of sp³-hybridized carbons (Fsp3) is 0.318. The largest absolute Gasteiger partial charge is 0.507 e. The van der Waals surface area contributed by atoms with Crippen molar-refractivity contribution in [1.82, 2.24) is 0 Å². The monoisotopic (exact) mass is 382 g/mol. The number of quaternary nitrogens is 1. The Balaban J connectivity index is 1.65. The molecule has 2 aromatic rings. The molecule has 0 bridgehead atoms. The van der Waals surface area contributed by atoms with Crippen molar-refractivity contribution in [2.45, 2.75) is 13.5 Å². The molecule has 0 atom stereocenters. The van der Waals surface area contributed by atoms with Crippen LogP contribution in [-0.2, 0) is 11.3 Å². The minimum Gasteiger partial charge on any atom is -0.507 e. The van der Waals surface area contributed by atoms with Crippen molar-refractivity contribution < 1.29 is 29.0 Å². The molecule has 2 aromatic carbocycles. The smallest absolute Gasteiger partial charge is 0.231 e. The van der Waals surface area contributed by atoms with E-state index in [9.17, 15) is 9.90 Å². The zero-order chi connectivity index (χ0) is 19.5. The van der Waals surface area contributed by atoms with E-state index < -0.39 is 0 Å². The molecule has 0 spiro atoms. The summed E-state index contributed by atoms with van der Waals surface area (Å²) < 4.78 is 17.0. The van der Waals surface area contributed by atoms with Crippen molar-refractivity contribution in [2.75, 3.05) is 32.9 Å². The Morgan fingerprint density at radius 1 is 1.18 bits per heavy atom. The number of ether oxygens (including phenoxy) is 3. The number of allylic oxidation sites excluding steroid dienone is 1. The maximum Gasteiger partial charge on any atom is 0.231 e. The Hall–Kier alpha value is -2.83. The third-order valence-electron chi connectivity index (χ3n) is 5.05. The van der Waals surface area contributed by atoms with E-state index in [1.165, 1.54) is 4.90 Å². The van der Waals surface area contributed by atoms with E-state index >= 15 is 0 Å². The molecule has 0 radical (unpaired) electrons. The number of rotatable bonds is 5. The van der Waals surface area contributed by atoms with Crippen LogP contribution in [0.1, 0.15) is 28.4 Å². The van der Waals surface area contributed by atoms with Crippen LogP contribution in [0.25, 0.3) is 6.08 Å². The van der Waals surface area contributed by atoms with Crippen molar-refractivity contribution in [1.29, 1.82) is 0 Å². The van der Waals surface area contributed by atoms with Crippen LogP contribution in [0.15, 0.2) is 42.2 Å². The minimum absolute atomic E-state index is 0.154. The second-order valence-corrected chi connectivity index (χ2v) is 6.89. The number of fused-ring (bicyclic) bond motifs is 1. The van der Waals surface area contributed by atoms with Gasteiger partial charge < -0.3 is 24.2 Å². The normalized spacial score (nSPS) is 18.2. The van der Waals surface area contributed by atoms with E-state index in [1.807, 2.05) is 31.2 Å². The number of phenols is 1. The maximum absolute atomic E-state index is 12.9. The van der Waals surface area contributed by atoms with Gasteiger partial charge in [-0.15, -0.1) is 0 Å². The van der Waals surface area contributed by atoms with Crippen LogP contribution >= 0.6 is 0 Å². The number of hydrogen-bond donors (Lipinski definition) is 2. The topological polar surface area (TPSA) is 69.4 Å². The van der Waals surface area contributed by atoms with Crippen molar-refractivity contribution in [3.8, 4) is 17.2 Å². The molecular weight excluding hydrogens is 358 g/mol. The Morgan fingerprint density at radius 2 is 1.96 bits per heavy atom. The standard InChI is InChI=1S/C22H23NO5/c1-2-27-19-6-4-3-5-15(19)13-20-21(25)16-7-8-18(24)17(22(16)28-20)14-23-9-11-26-12-10-23/h3-8,13,24H,2,9-12,14H2,1H3/p+1/b20-13-. The third kappa shape index (κ3) is 3.61. The summed E-state index contributed by atoms with van der Waals surface area (Å²) in [5.41, 5.74) is 1.94. The van der Waals surface area contributed by atoms with E-state index in [4.69, 9.17) is 14.2 Å². The van der Waals surface area contributed by atoms with Crippen molar-refractivity contribution in [2.24, 2.45) is 0 Å². The van der Waals surface area contributed by atoms with Crippen LogP contribution in [-0.4, -0.2) is 43.8 Å². The van der Waals surface area contributed by atoms with E-state index in [0.29, 0.717) is 49.0 Å². The van der Waals surface area contributed by atoms with E-state index in [0.717, 1.165) is 18.7 Å². The van der Waals surface area contributed by atoms with Crippen LogP contribution in [0.4, 0.5) is 0 Å². The first-order chi connectivity index (χ1) is 13.7. The first-order valence-electron chi connectivity index (χ1n) is 9.59. The first kappa shape index (κ1) is 18.5. The lowest BCUT2D eigenvalue weighted by atomic mass is 10.0. The molecule has 2 aliphatic heterocycles. The molecule has 0 aromatic heterocycles. The molecule has 146 valence electrons. The fourth-order valence-electron chi connectivity index (χ4n) is 3.58. The Kier molecular flexibility index (Phi) is 5.32. The number of hydrogen-bond acceptors (Lipinski definition) is 5. The van der Waals surface area contributed by atoms with Crippen LogP contribution in [0.2, 0.25) is 0 Å². The highest BCUT2D eigenvalue weighted by Gasteiger charge is 2.33. The summed E-state index contributed by atoms with van der Waals surface area (Å²) in [6.07, 6.45) is 1.70. The molecule has 4 rings (SSSR count). The Morgan fingerprint density at radius 3 is 2.75 bits per heavy atom. The lowest BCUT2D eigenvalue weighted by Gasteiger charge is -2.24. The summed E-state index contributed by atoms with van der Waals surface area (Å²) in [7, 11) is 0. The van der Waals surface area contributed by atoms with Crippen LogP contribution in [0.5, 0.6) is 17.2 Å². The van der Waals surface area contributed by atoms with Gasteiger partial charge in [-0.25, -0.2) is 0 Å². The molecule has 0 aliphatic carbocycles.